The van der Waals surface area contributed by atoms with Gasteiger partial charge in [0, 0.05) is 12.4 Å². The molecule has 0 N–H and O–H groups in total. The molecule has 2 rings (SSSR count). The molecule has 0 saturated carbocycles. The Hall–Kier alpha value is -1.06. The highest BCUT2D eigenvalue weighted by molar-refractivity contribution is 6.17. The molecule has 0 amide bonds. The maximum absolute atomic E-state index is 3.80. The van der Waals surface area contributed by atoms with Crippen LogP contribution in [0.3, 0.4) is 0 Å². The molecule has 0 radical (unpaired) electrons. The Labute approximate surface area is 39.7 Å². The summed E-state index contributed by atoms with van der Waals surface area (Å²) in [5, 5.41) is 7.12. The van der Waals surface area contributed by atoms with E-state index in [1.807, 2.05) is 0 Å². The van der Waals surface area contributed by atoms with Gasteiger partial charge in [0.2, 0.25) is 0 Å². The first-order valence-corrected chi connectivity index (χ1v) is 1.94. The van der Waals surface area contributed by atoms with Gasteiger partial charge in [-0.3, -0.25) is 0 Å². The molecule has 1 spiro atoms. The predicted molar refractivity (Wildman–Crippen MR) is 24.6 cm³/mol. The maximum atomic E-state index is 3.80. The van der Waals surface area contributed by atoms with Gasteiger partial charge < -0.3 is 0 Å². The zero-order valence-corrected chi connectivity index (χ0v) is 3.44. The van der Waals surface area contributed by atoms with Gasteiger partial charge in [-0.1, -0.05) is 0 Å². The van der Waals surface area contributed by atoms with Gasteiger partial charge in [-0.15, -0.1) is 10.2 Å². The van der Waals surface area contributed by atoms with Crippen molar-refractivity contribution in [1.29, 1.82) is 0 Å². The summed E-state index contributed by atoms with van der Waals surface area (Å²) in [5.74, 6) is -0.667. The molecule has 0 saturated heterocycles. The van der Waals surface area contributed by atoms with Crippen LogP contribution in [0.25, 0.3) is 0 Å². The van der Waals surface area contributed by atoms with Crippen LogP contribution in [0.1, 0.15) is 0 Å². The molecule has 0 bridgehead atoms. The van der Waals surface area contributed by atoms with Crippen LogP contribution in [-0.2, 0) is 0 Å². The first kappa shape index (κ1) is 3.01. The van der Waals surface area contributed by atoms with Gasteiger partial charge in [0.05, 0.1) is 0 Å². The predicted octanol–water partition coefficient (Wildman–Crippen LogP) is 0.219. The van der Waals surface area contributed by atoms with Crippen LogP contribution in [0, 0.1) is 0 Å². The van der Waals surface area contributed by atoms with Gasteiger partial charge in [-0.25, -0.2) is 9.98 Å². The van der Waals surface area contributed by atoms with Crippen LogP contribution < -0.4 is 0 Å². The normalized spacial score (nSPS) is 27.4. The standard InChI is InChI=1S/C3H2N4/c1-2-5-3(4-1)6-7-3/h1-2H. The van der Waals surface area contributed by atoms with Gasteiger partial charge in [-0.05, 0) is 0 Å². The molecule has 0 aromatic rings. The Bertz CT molecular complexity index is 157. The number of nitrogens with zero attached hydrogens (tertiary/aromatic N) is 4. The average molecular weight is 94.1 g/mol. The molecule has 2 aliphatic heterocycles. The molecule has 4 heteroatoms. The van der Waals surface area contributed by atoms with Gasteiger partial charge >= 0.3 is 5.91 Å². The number of hydrogen-bond donors (Lipinski definition) is 0. The molecule has 34 valence electrons. The van der Waals surface area contributed by atoms with E-state index in [0.717, 1.165) is 0 Å². The molecule has 0 aromatic carbocycles. The molecular formula is C3H2N4. The molecule has 0 unspecified atom stereocenters. The fraction of sp³-hybridized carbons (Fsp3) is 0.333. The summed E-state index contributed by atoms with van der Waals surface area (Å²) in [4.78, 5) is 7.60. The second kappa shape index (κ2) is 0.641. The van der Waals surface area contributed by atoms with Crippen LogP contribution >= 0.6 is 0 Å². The highest BCUT2D eigenvalue weighted by Gasteiger charge is 2.39. The minimum Gasteiger partial charge on any atom is -0.216 e. The lowest BCUT2D eigenvalue weighted by atomic mass is 10.8. The van der Waals surface area contributed by atoms with E-state index in [9.17, 15) is 0 Å². The van der Waals surface area contributed by atoms with Crippen LogP contribution in [-0.4, -0.2) is 18.3 Å². The van der Waals surface area contributed by atoms with Gasteiger partial charge in [0.15, 0.2) is 0 Å². The van der Waals surface area contributed by atoms with Crippen molar-refractivity contribution in [2.45, 2.75) is 5.91 Å². The third kappa shape index (κ3) is 0.255. The minimum absolute atomic E-state index is 0.667. The van der Waals surface area contributed by atoms with Crippen LogP contribution in [0.5, 0.6) is 0 Å². The molecule has 0 aliphatic carbocycles. The lowest BCUT2D eigenvalue weighted by molar-refractivity contribution is 0.694. The largest absolute Gasteiger partial charge is 0.383 e. The van der Waals surface area contributed by atoms with Crippen molar-refractivity contribution in [3.05, 3.63) is 0 Å². The van der Waals surface area contributed by atoms with E-state index >= 15 is 0 Å². The van der Waals surface area contributed by atoms with Crippen molar-refractivity contribution in [2.24, 2.45) is 20.2 Å². The van der Waals surface area contributed by atoms with Crippen LogP contribution in [0.15, 0.2) is 20.2 Å². The third-order valence-corrected chi connectivity index (χ3v) is 0.841. The summed E-state index contributed by atoms with van der Waals surface area (Å²) in [7, 11) is 0. The molecule has 2 aliphatic rings. The van der Waals surface area contributed by atoms with E-state index < -0.39 is 5.91 Å². The Morgan fingerprint density at radius 1 is 1.00 bits per heavy atom. The lowest BCUT2D eigenvalue weighted by Gasteiger charge is -1.83. The summed E-state index contributed by atoms with van der Waals surface area (Å²) in [5.41, 5.74) is 0. The topological polar surface area (TPSA) is 49.4 Å². The fourth-order valence-corrected chi connectivity index (χ4v) is 0.448. The number of hydrogen-bond acceptors (Lipinski definition) is 4. The Morgan fingerprint density at radius 3 is 1.86 bits per heavy atom. The Kier molecular flexibility index (Phi) is 0.275. The van der Waals surface area contributed by atoms with E-state index in [1.54, 1.807) is 12.4 Å². The van der Waals surface area contributed by atoms with E-state index in [1.165, 1.54) is 0 Å². The van der Waals surface area contributed by atoms with E-state index in [2.05, 4.69) is 20.2 Å². The van der Waals surface area contributed by atoms with E-state index in [-0.39, 0.29) is 0 Å². The zero-order valence-electron chi connectivity index (χ0n) is 3.44. The third-order valence-electron chi connectivity index (χ3n) is 0.841. The summed E-state index contributed by atoms with van der Waals surface area (Å²) in [6.45, 7) is 0. The van der Waals surface area contributed by atoms with Crippen molar-refractivity contribution in [3.8, 4) is 0 Å². The molecular weight excluding hydrogens is 92.1 g/mol. The second-order valence-corrected chi connectivity index (χ2v) is 1.36. The van der Waals surface area contributed by atoms with E-state index in [4.69, 9.17) is 0 Å². The summed E-state index contributed by atoms with van der Waals surface area (Å²) in [6, 6.07) is 0. The van der Waals surface area contributed by atoms with Crippen molar-refractivity contribution >= 4 is 12.4 Å². The Balaban J connectivity index is 2.41. The molecule has 2 heterocycles. The summed E-state index contributed by atoms with van der Waals surface area (Å²) >= 11 is 0. The summed E-state index contributed by atoms with van der Waals surface area (Å²) < 4.78 is 0. The van der Waals surface area contributed by atoms with Gasteiger partial charge in [0.1, 0.15) is 0 Å². The fourth-order valence-electron chi connectivity index (χ4n) is 0.448. The van der Waals surface area contributed by atoms with Crippen molar-refractivity contribution < 1.29 is 0 Å². The van der Waals surface area contributed by atoms with Crippen molar-refractivity contribution in [1.82, 2.24) is 0 Å². The molecule has 7 heavy (non-hydrogen) atoms. The highest BCUT2D eigenvalue weighted by atomic mass is 15.6. The average Bonchev–Trinajstić information content (AvgIpc) is 2.15. The lowest BCUT2D eigenvalue weighted by Crippen LogP contribution is -1.94. The molecule has 0 atom stereocenters. The smallest absolute Gasteiger partial charge is 0.216 e. The minimum atomic E-state index is -0.667. The SMILES string of the molecule is C1=NC2(N=C1)N=N2. The van der Waals surface area contributed by atoms with Crippen LogP contribution in [0.2, 0.25) is 0 Å². The second-order valence-electron chi connectivity index (χ2n) is 1.36. The monoisotopic (exact) mass is 94.0 g/mol. The maximum Gasteiger partial charge on any atom is 0.383 e. The zero-order chi connectivity index (χ0) is 4.74. The number of aliphatic imine (C=N–C) groups is 2. The van der Waals surface area contributed by atoms with Gasteiger partial charge in [0.25, 0.3) is 0 Å². The first-order chi connectivity index (χ1) is 3.41. The molecule has 4 nitrogen and oxygen atoms in total. The quantitative estimate of drug-likeness (QED) is 0.412. The molecule has 0 fully saturated rings. The first-order valence-electron chi connectivity index (χ1n) is 1.94. The van der Waals surface area contributed by atoms with Gasteiger partial charge in [-0.2, -0.15) is 0 Å². The number of rotatable bonds is 0. The molecule has 0 aromatic heterocycles. The Morgan fingerprint density at radius 2 is 1.57 bits per heavy atom. The highest BCUT2D eigenvalue weighted by Crippen LogP contribution is 2.31. The van der Waals surface area contributed by atoms with E-state index in [0.29, 0.717) is 0 Å². The van der Waals surface area contributed by atoms with Crippen molar-refractivity contribution in [3.63, 3.8) is 0 Å². The van der Waals surface area contributed by atoms with Crippen molar-refractivity contribution in [2.75, 3.05) is 0 Å². The summed E-state index contributed by atoms with van der Waals surface area (Å²) in [6.07, 6.45) is 3.19. The van der Waals surface area contributed by atoms with Crippen LogP contribution in [0.4, 0.5) is 0 Å².